The second kappa shape index (κ2) is 7.08. The predicted octanol–water partition coefficient (Wildman–Crippen LogP) is 2.16. The van der Waals surface area contributed by atoms with Crippen molar-refractivity contribution in [2.24, 2.45) is 7.05 Å². The highest BCUT2D eigenvalue weighted by atomic mass is 32.2. The van der Waals surface area contributed by atoms with Gasteiger partial charge in [-0.2, -0.15) is 13.2 Å². The molecule has 0 amide bonds. The zero-order valence-electron chi connectivity index (χ0n) is 14.4. The highest BCUT2D eigenvalue weighted by molar-refractivity contribution is 7.89. The molecule has 150 valence electrons. The Labute approximate surface area is 157 Å². The topological polar surface area (TPSA) is 102 Å². The van der Waals surface area contributed by atoms with Gasteiger partial charge in [-0.15, -0.1) is 0 Å². The van der Waals surface area contributed by atoms with Crippen molar-refractivity contribution in [3.8, 4) is 0 Å². The maximum atomic E-state index is 12.6. The van der Waals surface area contributed by atoms with Crippen molar-refractivity contribution in [3.63, 3.8) is 0 Å². The molecule has 0 bridgehead atoms. The number of rotatable bonds is 5. The number of nitrogens with zero attached hydrogens (tertiary/aromatic N) is 1. The summed E-state index contributed by atoms with van der Waals surface area (Å²) in [6.45, 7) is -0.448. The molecule has 0 saturated heterocycles. The van der Waals surface area contributed by atoms with Crippen LogP contribution in [-0.4, -0.2) is 24.6 Å². The first-order chi connectivity index (χ1) is 13.0. The first-order valence-electron chi connectivity index (χ1n) is 7.93. The average Bonchev–Trinajstić information content (AvgIpc) is 2.93. The predicted molar refractivity (Wildman–Crippen MR) is 93.0 cm³/mol. The number of nitrogens with one attached hydrogen (secondary N) is 1. The lowest BCUT2D eigenvalue weighted by atomic mass is 10.1. The fourth-order valence-corrected chi connectivity index (χ4v) is 3.62. The van der Waals surface area contributed by atoms with Crippen LogP contribution in [0.5, 0.6) is 0 Å². The summed E-state index contributed by atoms with van der Waals surface area (Å²) < 4.78 is 70.8. The molecular formula is C17H15F3N2O5S. The lowest BCUT2D eigenvalue weighted by Gasteiger charge is -2.14. The van der Waals surface area contributed by atoms with Crippen molar-refractivity contribution in [2.45, 2.75) is 17.2 Å². The molecule has 11 heteroatoms. The molecule has 0 aliphatic carbocycles. The van der Waals surface area contributed by atoms with Crippen LogP contribution in [0.1, 0.15) is 17.2 Å². The molecule has 0 radical (unpaired) electrons. The van der Waals surface area contributed by atoms with Crippen molar-refractivity contribution in [1.82, 2.24) is 9.29 Å². The summed E-state index contributed by atoms with van der Waals surface area (Å²) in [6.07, 6.45) is -5.85. The summed E-state index contributed by atoms with van der Waals surface area (Å²) in [5.41, 5.74) is -0.251. The van der Waals surface area contributed by atoms with Crippen molar-refractivity contribution in [2.75, 3.05) is 6.54 Å². The van der Waals surface area contributed by atoms with Crippen molar-refractivity contribution in [3.05, 3.63) is 64.1 Å². The highest BCUT2D eigenvalue weighted by Gasteiger charge is 2.30. The molecule has 3 aromatic rings. The molecule has 2 N–H and O–H groups in total. The molecule has 3 rings (SSSR count). The molecule has 0 saturated carbocycles. The van der Waals surface area contributed by atoms with Crippen molar-refractivity contribution < 1.29 is 31.1 Å². The average molecular weight is 416 g/mol. The van der Waals surface area contributed by atoms with Crippen LogP contribution in [0.25, 0.3) is 11.1 Å². The summed E-state index contributed by atoms with van der Waals surface area (Å²) in [4.78, 5) is 11.3. The van der Waals surface area contributed by atoms with E-state index in [9.17, 15) is 31.5 Å². The molecule has 0 aliphatic heterocycles. The minimum Gasteiger partial charge on any atom is -0.408 e. The second-order valence-corrected chi connectivity index (χ2v) is 7.81. The molecule has 1 unspecified atom stereocenters. The fraction of sp³-hybridized carbons (Fsp3) is 0.235. The van der Waals surface area contributed by atoms with Crippen LogP contribution in [0.15, 0.2) is 56.6 Å². The number of benzene rings is 2. The third-order valence-electron chi connectivity index (χ3n) is 4.16. The zero-order chi connectivity index (χ0) is 20.7. The molecule has 1 heterocycles. The Hall–Kier alpha value is -2.63. The maximum Gasteiger partial charge on any atom is 0.419 e. The largest absolute Gasteiger partial charge is 0.419 e. The summed E-state index contributed by atoms with van der Waals surface area (Å²) in [5.74, 6) is -0.643. The number of aromatic nitrogens is 1. The van der Waals surface area contributed by atoms with E-state index in [1.807, 2.05) is 0 Å². The van der Waals surface area contributed by atoms with Gasteiger partial charge in [0.15, 0.2) is 5.58 Å². The summed E-state index contributed by atoms with van der Waals surface area (Å²) in [7, 11) is -2.62. The Morgan fingerprint density at radius 2 is 1.82 bits per heavy atom. The number of fused-ring (bicyclic) bond motifs is 1. The number of sulfonamides is 1. The number of oxazole rings is 1. The van der Waals surface area contributed by atoms with Crippen molar-refractivity contribution >= 4 is 21.1 Å². The first kappa shape index (κ1) is 20.1. The number of aliphatic hydroxyl groups excluding tert-OH is 1. The normalized spacial score (nSPS) is 13.8. The van der Waals surface area contributed by atoms with Gasteiger partial charge in [0.2, 0.25) is 10.0 Å². The molecule has 1 aromatic heterocycles. The van der Waals surface area contributed by atoms with E-state index in [0.717, 1.165) is 28.8 Å². The lowest BCUT2D eigenvalue weighted by molar-refractivity contribution is -0.137. The minimum atomic E-state index is -4.50. The van der Waals surface area contributed by atoms with Gasteiger partial charge in [0, 0.05) is 13.6 Å². The molecular weight excluding hydrogens is 401 g/mol. The van der Waals surface area contributed by atoms with E-state index in [2.05, 4.69) is 4.72 Å². The smallest absolute Gasteiger partial charge is 0.408 e. The quantitative estimate of drug-likeness (QED) is 0.664. The van der Waals surface area contributed by atoms with Gasteiger partial charge in [0.1, 0.15) is 0 Å². The van der Waals surface area contributed by atoms with Gasteiger partial charge >= 0.3 is 11.9 Å². The van der Waals surface area contributed by atoms with E-state index in [1.54, 1.807) is 0 Å². The van der Waals surface area contributed by atoms with Gasteiger partial charge in [0.05, 0.1) is 22.1 Å². The molecule has 2 aromatic carbocycles. The first-order valence-corrected chi connectivity index (χ1v) is 9.42. The van der Waals surface area contributed by atoms with E-state index in [-0.39, 0.29) is 21.6 Å². The number of halogens is 3. The van der Waals surface area contributed by atoms with Crippen LogP contribution in [-0.2, 0) is 23.2 Å². The van der Waals surface area contributed by atoms with Gasteiger partial charge in [0.25, 0.3) is 0 Å². The van der Waals surface area contributed by atoms with E-state index < -0.39 is 40.2 Å². The Bertz CT molecular complexity index is 1160. The number of alkyl halides is 3. The van der Waals surface area contributed by atoms with Crippen LogP contribution >= 0.6 is 0 Å². The van der Waals surface area contributed by atoms with E-state index in [4.69, 9.17) is 4.42 Å². The van der Waals surface area contributed by atoms with E-state index in [0.29, 0.717) is 0 Å². The van der Waals surface area contributed by atoms with Crippen LogP contribution in [0.3, 0.4) is 0 Å². The Morgan fingerprint density at radius 1 is 1.18 bits per heavy atom. The monoisotopic (exact) mass is 416 g/mol. The Kier molecular flexibility index (Phi) is 5.08. The Morgan fingerprint density at radius 3 is 2.43 bits per heavy atom. The number of aryl methyl sites for hydroxylation is 1. The number of hydrogen-bond donors (Lipinski definition) is 2. The standard InChI is InChI=1S/C17H15F3N2O5S/c1-22-13-8-12(6-7-15(13)27-16(22)24)28(25,26)21-9-14(23)10-2-4-11(5-3-10)17(18,19)20/h2-8,14,21,23H,9H2,1H3. The zero-order valence-corrected chi connectivity index (χ0v) is 15.2. The van der Waals surface area contributed by atoms with Crippen molar-refractivity contribution in [1.29, 1.82) is 0 Å². The molecule has 7 nitrogen and oxygen atoms in total. The lowest BCUT2D eigenvalue weighted by Crippen LogP contribution is -2.28. The maximum absolute atomic E-state index is 12.6. The SMILES string of the molecule is Cn1c(=O)oc2ccc(S(=O)(=O)NCC(O)c3ccc(C(F)(F)F)cc3)cc21. The third kappa shape index (κ3) is 3.96. The molecule has 0 aliphatic rings. The second-order valence-electron chi connectivity index (χ2n) is 6.04. The summed E-state index contributed by atoms with van der Waals surface area (Å²) in [6, 6.07) is 7.58. The highest BCUT2D eigenvalue weighted by Crippen LogP contribution is 2.30. The van der Waals surface area contributed by atoms with E-state index in [1.165, 1.54) is 25.2 Å². The van der Waals surface area contributed by atoms with Crippen LogP contribution in [0, 0.1) is 0 Å². The van der Waals surface area contributed by atoms with E-state index >= 15 is 0 Å². The van der Waals surface area contributed by atoms with Gasteiger partial charge in [-0.25, -0.2) is 17.9 Å². The number of hydrogen-bond acceptors (Lipinski definition) is 5. The van der Waals surface area contributed by atoms with Gasteiger partial charge in [-0.1, -0.05) is 12.1 Å². The van der Waals surface area contributed by atoms with Gasteiger partial charge in [-0.05, 0) is 35.9 Å². The van der Waals surface area contributed by atoms with Crippen LogP contribution in [0.4, 0.5) is 13.2 Å². The van der Waals surface area contributed by atoms with Crippen LogP contribution in [0.2, 0.25) is 0 Å². The third-order valence-corrected chi connectivity index (χ3v) is 5.58. The van der Waals surface area contributed by atoms with Gasteiger partial charge < -0.3 is 9.52 Å². The molecule has 0 fully saturated rings. The van der Waals surface area contributed by atoms with Crippen LogP contribution < -0.4 is 10.5 Å². The summed E-state index contributed by atoms with van der Waals surface area (Å²) >= 11 is 0. The minimum absolute atomic E-state index is 0.128. The molecule has 1 atom stereocenters. The number of aliphatic hydroxyl groups is 1. The van der Waals surface area contributed by atoms with Gasteiger partial charge in [-0.3, -0.25) is 4.57 Å². The molecule has 28 heavy (non-hydrogen) atoms. The Balaban J connectivity index is 1.76. The molecule has 0 spiro atoms. The summed E-state index contributed by atoms with van der Waals surface area (Å²) in [5, 5.41) is 10.1. The fourth-order valence-electron chi connectivity index (χ4n) is 2.56.